The summed E-state index contributed by atoms with van der Waals surface area (Å²) in [4.78, 5) is 21.6. The molecule has 1 saturated heterocycles. The first-order valence-electron chi connectivity index (χ1n) is 9.36. The fourth-order valence-electron chi connectivity index (χ4n) is 3.92. The number of carbonyl (C=O) groups is 1. The molecule has 1 fully saturated rings. The SMILES string of the molecule is COc1ccc2c(c1)CCN(C(=O)C1CN(c3nc4ccc(F)cc4s3)C1)C2. The zero-order chi connectivity index (χ0) is 19.3. The molecule has 0 atom stereocenters. The Hall–Kier alpha value is -2.67. The lowest BCUT2D eigenvalue weighted by atomic mass is 9.95. The van der Waals surface area contributed by atoms with Crippen molar-refractivity contribution in [2.45, 2.75) is 13.0 Å². The first-order valence-corrected chi connectivity index (χ1v) is 10.2. The van der Waals surface area contributed by atoms with E-state index in [1.54, 1.807) is 13.2 Å². The van der Waals surface area contributed by atoms with Gasteiger partial charge in [-0.3, -0.25) is 4.79 Å². The van der Waals surface area contributed by atoms with Crippen molar-refractivity contribution in [3.8, 4) is 5.75 Å². The maximum Gasteiger partial charge on any atom is 0.229 e. The Morgan fingerprint density at radius 1 is 1.21 bits per heavy atom. The molecule has 0 aliphatic carbocycles. The number of aromatic nitrogens is 1. The lowest BCUT2D eigenvalue weighted by Crippen LogP contribution is -2.55. The Kier molecular flexibility index (Phi) is 4.19. The quantitative estimate of drug-likeness (QED) is 0.679. The van der Waals surface area contributed by atoms with Crippen LogP contribution in [0, 0.1) is 11.7 Å². The molecule has 144 valence electrons. The van der Waals surface area contributed by atoms with Gasteiger partial charge >= 0.3 is 0 Å². The molecule has 0 bridgehead atoms. The Bertz CT molecular complexity index is 1060. The molecular formula is C21H20FN3O2S. The molecule has 2 aromatic carbocycles. The normalized spacial score (nSPS) is 16.8. The second-order valence-corrected chi connectivity index (χ2v) is 8.36. The van der Waals surface area contributed by atoms with Gasteiger partial charge < -0.3 is 14.5 Å². The van der Waals surface area contributed by atoms with Crippen LogP contribution in [0.15, 0.2) is 36.4 Å². The first kappa shape index (κ1) is 17.4. The van der Waals surface area contributed by atoms with Crippen LogP contribution in [0.2, 0.25) is 0 Å². The predicted molar refractivity (Wildman–Crippen MR) is 107 cm³/mol. The van der Waals surface area contributed by atoms with Crippen LogP contribution >= 0.6 is 11.3 Å². The summed E-state index contributed by atoms with van der Waals surface area (Å²) in [6, 6.07) is 10.7. The highest BCUT2D eigenvalue weighted by atomic mass is 32.1. The highest BCUT2D eigenvalue weighted by Crippen LogP contribution is 2.34. The lowest BCUT2D eigenvalue weighted by molar-refractivity contribution is -0.137. The van der Waals surface area contributed by atoms with Gasteiger partial charge in [0.05, 0.1) is 23.2 Å². The number of benzene rings is 2. The van der Waals surface area contributed by atoms with Crippen LogP contribution in [0.5, 0.6) is 5.75 Å². The summed E-state index contributed by atoms with van der Waals surface area (Å²) in [6.45, 7) is 2.76. The van der Waals surface area contributed by atoms with Crippen molar-refractivity contribution in [1.82, 2.24) is 9.88 Å². The van der Waals surface area contributed by atoms with E-state index in [1.165, 1.54) is 34.6 Å². The third-order valence-electron chi connectivity index (χ3n) is 5.58. The number of hydrogen-bond acceptors (Lipinski definition) is 5. The molecule has 3 aromatic rings. The van der Waals surface area contributed by atoms with Gasteiger partial charge in [-0.25, -0.2) is 9.37 Å². The minimum Gasteiger partial charge on any atom is -0.497 e. The average Bonchev–Trinajstić information content (AvgIpc) is 3.08. The third-order valence-corrected chi connectivity index (χ3v) is 6.66. The standard InChI is InChI=1S/C21H20FN3O2S/c1-27-17-4-2-14-10-24(7-6-13(14)8-17)20(26)15-11-25(12-15)21-23-18-5-3-16(22)9-19(18)28-21/h2-5,8-9,15H,6-7,10-12H2,1H3. The predicted octanol–water partition coefficient (Wildman–Crippen LogP) is 3.47. The molecule has 1 aromatic heterocycles. The van der Waals surface area contributed by atoms with Crippen molar-refractivity contribution in [3.63, 3.8) is 0 Å². The number of anilines is 1. The molecular weight excluding hydrogens is 377 g/mol. The van der Waals surface area contributed by atoms with Crippen LogP contribution in [0.3, 0.4) is 0 Å². The fraction of sp³-hybridized carbons (Fsp3) is 0.333. The average molecular weight is 397 g/mol. The molecule has 5 rings (SSSR count). The number of ether oxygens (including phenoxy) is 1. The Labute approximate surface area is 166 Å². The van der Waals surface area contributed by atoms with Crippen LogP contribution in [-0.4, -0.2) is 42.5 Å². The number of rotatable bonds is 3. The maximum atomic E-state index is 13.4. The van der Waals surface area contributed by atoms with E-state index in [-0.39, 0.29) is 17.6 Å². The number of methoxy groups -OCH3 is 1. The van der Waals surface area contributed by atoms with Crippen LogP contribution in [-0.2, 0) is 17.8 Å². The first-order chi connectivity index (χ1) is 13.6. The summed E-state index contributed by atoms with van der Waals surface area (Å²) in [7, 11) is 1.67. The van der Waals surface area contributed by atoms with Crippen molar-refractivity contribution in [1.29, 1.82) is 0 Å². The monoisotopic (exact) mass is 397 g/mol. The van der Waals surface area contributed by atoms with Gasteiger partial charge in [-0.15, -0.1) is 0 Å². The lowest BCUT2D eigenvalue weighted by Gasteiger charge is -2.41. The smallest absolute Gasteiger partial charge is 0.229 e. The summed E-state index contributed by atoms with van der Waals surface area (Å²) in [6.07, 6.45) is 0.859. The minimum atomic E-state index is -0.248. The van der Waals surface area contributed by atoms with Crippen molar-refractivity contribution in [2.75, 3.05) is 31.6 Å². The Balaban J connectivity index is 1.24. The van der Waals surface area contributed by atoms with Gasteiger partial charge in [0.1, 0.15) is 11.6 Å². The van der Waals surface area contributed by atoms with E-state index < -0.39 is 0 Å². The molecule has 2 aliphatic rings. The van der Waals surface area contributed by atoms with E-state index >= 15 is 0 Å². The van der Waals surface area contributed by atoms with E-state index in [2.05, 4.69) is 22.0 Å². The van der Waals surface area contributed by atoms with Gasteiger partial charge in [0.25, 0.3) is 0 Å². The zero-order valence-electron chi connectivity index (χ0n) is 15.5. The Morgan fingerprint density at radius 3 is 2.89 bits per heavy atom. The summed E-state index contributed by atoms with van der Waals surface area (Å²) in [5.74, 6) is 0.833. The Morgan fingerprint density at radius 2 is 2.07 bits per heavy atom. The molecule has 2 aliphatic heterocycles. The highest BCUT2D eigenvalue weighted by molar-refractivity contribution is 7.22. The molecule has 1 amide bonds. The van der Waals surface area contributed by atoms with Gasteiger partial charge in [0.2, 0.25) is 5.91 Å². The highest BCUT2D eigenvalue weighted by Gasteiger charge is 2.37. The van der Waals surface area contributed by atoms with Crippen LogP contribution in [0.25, 0.3) is 10.2 Å². The largest absolute Gasteiger partial charge is 0.497 e. The number of hydrogen-bond donors (Lipinski definition) is 0. The van der Waals surface area contributed by atoms with E-state index in [9.17, 15) is 9.18 Å². The van der Waals surface area contributed by atoms with Gasteiger partial charge in [0.15, 0.2) is 5.13 Å². The number of nitrogens with zero attached hydrogens (tertiary/aromatic N) is 3. The maximum absolute atomic E-state index is 13.4. The summed E-state index contributed by atoms with van der Waals surface area (Å²) < 4.78 is 19.5. The molecule has 5 nitrogen and oxygen atoms in total. The third kappa shape index (κ3) is 2.99. The molecule has 0 spiro atoms. The summed E-state index contributed by atoms with van der Waals surface area (Å²) in [5, 5.41) is 0.862. The number of halogens is 1. The van der Waals surface area contributed by atoms with Gasteiger partial charge in [-0.2, -0.15) is 0 Å². The molecule has 7 heteroatoms. The zero-order valence-corrected chi connectivity index (χ0v) is 16.3. The molecule has 28 heavy (non-hydrogen) atoms. The molecule has 0 N–H and O–H groups in total. The summed E-state index contributed by atoms with van der Waals surface area (Å²) >= 11 is 1.48. The van der Waals surface area contributed by atoms with Gasteiger partial charge in [-0.1, -0.05) is 17.4 Å². The van der Waals surface area contributed by atoms with E-state index in [0.717, 1.165) is 34.1 Å². The molecule has 0 unspecified atom stereocenters. The fourth-order valence-corrected chi connectivity index (χ4v) is 4.92. The van der Waals surface area contributed by atoms with E-state index in [1.807, 2.05) is 11.0 Å². The number of carbonyl (C=O) groups excluding carboxylic acids is 1. The number of thiazole rings is 1. The number of amides is 1. The van der Waals surface area contributed by atoms with E-state index in [4.69, 9.17) is 4.74 Å². The van der Waals surface area contributed by atoms with E-state index in [0.29, 0.717) is 19.6 Å². The second-order valence-electron chi connectivity index (χ2n) is 7.35. The topological polar surface area (TPSA) is 45.7 Å². The summed E-state index contributed by atoms with van der Waals surface area (Å²) in [5.41, 5.74) is 3.27. The van der Waals surface area contributed by atoms with Crippen molar-refractivity contribution in [3.05, 3.63) is 53.3 Å². The van der Waals surface area contributed by atoms with Crippen LogP contribution < -0.4 is 9.64 Å². The minimum absolute atomic E-state index is 0.00328. The number of fused-ring (bicyclic) bond motifs is 2. The van der Waals surface area contributed by atoms with Gasteiger partial charge in [-0.05, 0) is 47.9 Å². The second kappa shape index (κ2) is 6.74. The van der Waals surface area contributed by atoms with Gasteiger partial charge in [0, 0.05) is 26.2 Å². The molecule has 3 heterocycles. The molecule has 0 saturated carbocycles. The van der Waals surface area contributed by atoms with Crippen LogP contribution in [0.4, 0.5) is 9.52 Å². The van der Waals surface area contributed by atoms with Crippen LogP contribution in [0.1, 0.15) is 11.1 Å². The van der Waals surface area contributed by atoms with Crippen molar-refractivity contribution in [2.24, 2.45) is 5.92 Å². The van der Waals surface area contributed by atoms with Crippen molar-refractivity contribution >= 4 is 32.6 Å². The van der Waals surface area contributed by atoms with Crippen molar-refractivity contribution < 1.29 is 13.9 Å². The molecule has 0 radical (unpaired) electrons.